The maximum atomic E-state index is 10.7. The van der Waals surface area contributed by atoms with Gasteiger partial charge in [-0.3, -0.25) is 0 Å². The predicted octanol–water partition coefficient (Wildman–Crippen LogP) is 0.180. The van der Waals surface area contributed by atoms with Crippen molar-refractivity contribution in [2.45, 2.75) is 20.0 Å². The second-order valence-corrected chi connectivity index (χ2v) is 2.15. The molecule has 0 aromatic heterocycles. The third kappa shape index (κ3) is 3.06. The van der Waals surface area contributed by atoms with Crippen molar-refractivity contribution in [1.29, 1.82) is 0 Å². The lowest BCUT2D eigenvalue weighted by Gasteiger charge is -2.09. The van der Waals surface area contributed by atoms with Crippen LogP contribution in [0.15, 0.2) is 0 Å². The van der Waals surface area contributed by atoms with Gasteiger partial charge in [0.15, 0.2) is 6.10 Å². The minimum atomic E-state index is -1.13. The van der Waals surface area contributed by atoms with Gasteiger partial charge in [0.1, 0.15) is 0 Å². The van der Waals surface area contributed by atoms with Gasteiger partial charge in [0.05, 0.1) is 13.0 Å². The SMILES string of the molecule is CC#C[C@@H](C)[C@H](O)C(=O)OC. The third-order valence-corrected chi connectivity index (χ3v) is 1.29. The van der Waals surface area contributed by atoms with Crippen LogP contribution in [0, 0.1) is 17.8 Å². The highest BCUT2D eigenvalue weighted by Gasteiger charge is 2.20. The lowest BCUT2D eigenvalue weighted by molar-refractivity contribution is -0.151. The molecule has 0 aromatic rings. The average molecular weight is 156 g/mol. The number of methoxy groups -OCH3 is 1. The van der Waals surface area contributed by atoms with Crippen molar-refractivity contribution >= 4 is 5.97 Å². The van der Waals surface area contributed by atoms with Gasteiger partial charge in [-0.1, -0.05) is 5.92 Å². The lowest BCUT2D eigenvalue weighted by Crippen LogP contribution is -2.27. The second kappa shape index (κ2) is 4.75. The zero-order valence-electron chi connectivity index (χ0n) is 6.92. The smallest absolute Gasteiger partial charge is 0.335 e. The number of hydrogen-bond acceptors (Lipinski definition) is 3. The Morgan fingerprint density at radius 1 is 1.64 bits per heavy atom. The summed E-state index contributed by atoms with van der Waals surface area (Å²) in [5.74, 6) is 4.26. The topological polar surface area (TPSA) is 46.5 Å². The molecule has 0 heterocycles. The summed E-state index contributed by atoms with van der Waals surface area (Å²) in [6.45, 7) is 3.32. The van der Waals surface area contributed by atoms with E-state index in [2.05, 4.69) is 16.6 Å². The molecule has 0 aromatic carbocycles. The quantitative estimate of drug-likeness (QED) is 0.458. The zero-order valence-corrected chi connectivity index (χ0v) is 6.92. The largest absolute Gasteiger partial charge is 0.467 e. The highest BCUT2D eigenvalue weighted by atomic mass is 16.5. The molecule has 0 bridgehead atoms. The Bertz CT molecular complexity index is 187. The molecule has 3 nitrogen and oxygen atoms in total. The Hall–Kier alpha value is -1.01. The maximum Gasteiger partial charge on any atom is 0.335 e. The standard InChI is InChI=1S/C8H12O3/c1-4-5-6(2)7(9)8(10)11-3/h6-7,9H,1-3H3/t6-,7+/m1/s1. The average Bonchev–Trinajstić information content (AvgIpc) is 2.02. The number of rotatable bonds is 2. The van der Waals surface area contributed by atoms with Gasteiger partial charge in [-0.05, 0) is 13.8 Å². The van der Waals surface area contributed by atoms with Gasteiger partial charge in [0.25, 0.3) is 0 Å². The van der Waals surface area contributed by atoms with Crippen LogP contribution < -0.4 is 0 Å². The molecular formula is C8H12O3. The molecule has 0 unspecified atom stereocenters. The summed E-state index contributed by atoms with van der Waals surface area (Å²) < 4.78 is 4.32. The molecule has 0 fully saturated rings. The van der Waals surface area contributed by atoms with E-state index in [9.17, 15) is 4.79 Å². The van der Waals surface area contributed by atoms with E-state index in [4.69, 9.17) is 5.11 Å². The summed E-state index contributed by atoms with van der Waals surface area (Å²) >= 11 is 0. The summed E-state index contributed by atoms with van der Waals surface area (Å²) in [5, 5.41) is 9.14. The molecule has 0 saturated carbocycles. The van der Waals surface area contributed by atoms with Crippen LogP contribution in [0.4, 0.5) is 0 Å². The number of aliphatic hydroxyl groups is 1. The molecule has 0 spiro atoms. The van der Waals surface area contributed by atoms with Crippen LogP contribution in [0.1, 0.15) is 13.8 Å². The highest BCUT2D eigenvalue weighted by Crippen LogP contribution is 2.02. The van der Waals surface area contributed by atoms with Crippen molar-refractivity contribution in [2.24, 2.45) is 5.92 Å². The van der Waals surface area contributed by atoms with Crippen LogP contribution in [-0.4, -0.2) is 24.3 Å². The molecule has 1 N–H and O–H groups in total. The molecule has 0 aliphatic carbocycles. The van der Waals surface area contributed by atoms with Crippen LogP contribution in [0.5, 0.6) is 0 Å². The Balaban J connectivity index is 4.08. The van der Waals surface area contributed by atoms with E-state index in [0.717, 1.165) is 0 Å². The predicted molar refractivity (Wildman–Crippen MR) is 40.6 cm³/mol. The van der Waals surface area contributed by atoms with Gasteiger partial charge in [-0.15, -0.1) is 5.92 Å². The maximum absolute atomic E-state index is 10.7. The monoisotopic (exact) mass is 156 g/mol. The summed E-state index contributed by atoms with van der Waals surface area (Å²) in [4.78, 5) is 10.7. The molecule has 62 valence electrons. The van der Waals surface area contributed by atoms with E-state index in [-0.39, 0.29) is 5.92 Å². The Labute approximate surface area is 66.4 Å². The molecule has 0 aliphatic rings. The minimum Gasteiger partial charge on any atom is -0.467 e. The summed E-state index contributed by atoms with van der Waals surface area (Å²) in [6.07, 6.45) is -1.13. The first kappa shape index (κ1) is 9.99. The number of carbonyl (C=O) groups is 1. The third-order valence-electron chi connectivity index (χ3n) is 1.29. The van der Waals surface area contributed by atoms with Crippen molar-refractivity contribution in [3.8, 4) is 11.8 Å². The molecule has 0 rings (SSSR count). The second-order valence-electron chi connectivity index (χ2n) is 2.15. The van der Waals surface area contributed by atoms with Gasteiger partial charge in [0.2, 0.25) is 0 Å². The highest BCUT2D eigenvalue weighted by molar-refractivity contribution is 5.75. The fraction of sp³-hybridized carbons (Fsp3) is 0.625. The van der Waals surface area contributed by atoms with E-state index in [1.54, 1.807) is 13.8 Å². The summed E-state index contributed by atoms with van der Waals surface area (Å²) in [6, 6.07) is 0. The van der Waals surface area contributed by atoms with Gasteiger partial charge >= 0.3 is 5.97 Å². The zero-order chi connectivity index (χ0) is 8.85. The van der Waals surface area contributed by atoms with Gasteiger partial charge in [-0.2, -0.15) is 0 Å². The number of esters is 1. The minimum absolute atomic E-state index is 0.368. The van der Waals surface area contributed by atoms with E-state index in [0.29, 0.717) is 0 Å². The van der Waals surface area contributed by atoms with Gasteiger partial charge in [-0.25, -0.2) is 4.79 Å². The number of aliphatic hydroxyl groups excluding tert-OH is 1. The molecule has 0 radical (unpaired) electrons. The van der Waals surface area contributed by atoms with Gasteiger partial charge in [0, 0.05) is 0 Å². The Morgan fingerprint density at radius 3 is 2.55 bits per heavy atom. The van der Waals surface area contributed by atoms with Crippen molar-refractivity contribution in [1.82, 2.24) is 0 Å². The molecular weight excluding hydrogens is 144 g/mol. The normalized spacial score (nSPS) is 14.2. The van der Waals surface area contributed by atoms with Crippen molar-refractivity contribution in [2.75, 3.05) is 7.11 Å². The van der Waals surface area contributed by atoms with Crippen LogP contribution in [-0.2, 0) is 9.53 Å². The molecule has 0 saturated heterocycles. The first-order valence-electron chi connectivity index (χ1n) is 3.31. The van der Waals surface area contributed by atoms with Crippen molar-refractivity contribution in [3.05, 3.63) is 0 Å². The number of hydrogen-bond donors (Lipinski definition) is 1. The number of ether oxygens (including phenoxy) is 1. The van der Waals surface area contributed by atoms with Crippen LogP contribution >= 0.6 is 0 Å². The Morgan fingerprint density at radius 2 is 2.18 bits per heavy atom. The first-order chi connectivity index (χ1) is 5.13. The molecule has 0 aliphatic heterocycles. The fourth-order valence-corrected chi connectivity index (χ4v) is 0.631. The van der Waals surface area contributed by atoms with Crippen LogP contribution in [0.2, 0.25) is 0 Å². The molecule has 0 amide bonds. The van der Waals surface area contributed by atoms with E-state index in [1.165, 1.54) is 7.11 Å². The Kier molecular flexibility index (Phi) is 4.32. The van der Waals surface area contributed by atoms with Crippen molar-refractivity contribution < 1.29 is 14.6 Å². The lowest BCUT2D eigenvalue weighted by atomic mass is 10.1. The number of carbonyl (C=O) groups excluding carboxylic acids is 1. The van der Waals surface area contributed by atoms with Crippen molar-refractivity contribution in [3.63, 3.8) is 0 Å². The molecule has 2 atom stereocenters. The summed E-state index contributed by atoms with van der Waals surface area (Å²) in [5.41, 5.74) is 0. The van der Waals surface area contributed by atoms with Gasteiger partial charge < -0.3 is 9.84 Å². The molecule has 3 heteroatoms. The molecule has 11 heavy (non-hydrogen) atoms. The van der Waals surface area contributed by atoms with Crippen LogP contribution in [0.3, 0.4) is 0 Å². The van der Waals surface area contributed by atoms with E-state index in [1.807, 2.05) is 0 Å². The van der Waals surface area contributed by atoms with Crippen LogP contribution in [0.25, 0.3) is 0 Å². The van der Waals surface area contributed by atoms with E-state index >= 15 is 0 Å². The fourth-order valence-electron chi connectivity index (χ4n) is 0.631. The first-order valence-corrected chi connectivity index (χ1v) is 3.31. The summed E-state index contributed by atoms with van der Waals surface area (Å²) in [7, 11) is 1.23. The van der Waals surface area contributed by atoms with E-state index < -0.39 is 12.1 Å².